The molecule has 0 bridgehead atoms. The fourth-order valence-corrected chi connectivity index (χ4v) is 2.91. The van der Waals surface area contributed by atoms with Crippen LogP contribution >= 0.6 is 0 Å². The van der Waals surface area contributed by atoms with Crippen LogP contribution in [0.3, 0.4) is 0 Å². The van der Waals surface area contributed by atoms with Crippen molar-refractivity contribution in [3.8, 4) is 0 Å². The second kappa shape index (κ2) is 4.35. The molecule has 1 aromatic carbocycles. The summed E-state index contributed by atoms with van der Waals surface area (Å²) in [7, 11) is 0. The van der Waals surface area contributed by atoms with E-state index in [4.69, 9.17) is 5.11 Å². The highest BCUT2D eigenvalue weighted by molar-refractivity contribution is 5.88. The standard InChI is InChI=1S/C14H15NO4/c16-12(8-4-2-1-3-5-8)13(17)15-10-6-9(10)7-11(15)14(18)19/h1-5,9-12,16H,6-7H2,(H,18,19)/t9-,10-,11-,12+/m0/s1. The molecule has 2 N–H and O–H groups in total. The molecule has 0 aromatic heterocycles. The number of carboxylic acids is 1. The van der Waals surface area contributed by atoms with Crippen LogP contribution in [0.15, 0.2) is 30.3 Å². The largest absolute Gasteiger partial charge is 0.480 e. The maximum absolute atomic E-state index is 12.3. The predicted octanol–water partition coefficient (Wildman–Crippen LogP) is 0.794. The smallest absolute Gasteiger partial charge is 0.326 e. The van der Waals surface area contributed by atoms with Crippen LogP contribution in [-0.4, -0.2) is 39.1 Å². The van der Waals surface area contributed by atoms with Crippen LogP contribution in [0.1, 0.15) is 24.5 Å². The molecule has 1 aromatic rings. The highest BCUT2D eigenvalue weighted by atomic mass is 16.4. The Balaban J connectivity index is 1.81. The molecule has 1 saturated carbocycles. The second-order valence-corrected chi connectivity index (χ2v) is 5.21. The highest BCUT2D eigenvalue weighted by Crippen LogP contribution is 2.48. The zero-order valence-electron chi connectivity index (χ0n) is 10.3. The van der Waals surface area contributed by atoms with Crippen LogP contribution in [0, 0.1) is 5.92 Å². The predicted molar refractivity (Wildman–Crippen MR) is 66.2 cm³/mol. The van der Waals surface area contributed by atoms with Gasteiger partial charge in [0.05, 0.1) is 0 Å². The number of aliphatic hydroxyl groups is 1. The van der Waals surface area contributed by atoms with E-state index < -0.39 is 24.0 Å². The van der Waals surface area contributed by atoms with E-state index in [1.165, 1.54) is 4.90 Å². The van der Waals surface area contributed by atoms with Gasteiger partial charge in [-0.15, -0.1) is 0 Å². The van der Waals surface area contributed by atoms with Gasteiger partial charge in [-0.25, -0.2) is 4.79 Å². The van der Waals surface area contributed by atoms with Crippen LogP contribution in [0.4, 0.5) is 0 Å². The van der Waals surface area contributed by atoms with Crippen molar-refractivity contribution >= 4 is 11.9 Å². The number of nitrogens with zero attached hydrogens (tertiary/aromatic N) is 1. The van der Waals surface area contributed by atoms with Crippen molar-refractivity contribution < 1.29 is 19.8 Å². The summed E-state index contributed by atoms with van der Waals surface area (Å²) in [4.78, 5) is 24.8. The van der Waals surface area contributed by atoms with Crippen molar-refractivity contribution in [1.29, 1.82) is 0 Å². The Morgan fingerprint density at radius 2 is 1.89 bits per heavy atom. The molecule has 2 fully saturated rings. The Morgan fingerprint density at radius 1 is 1.21 bits per heavy atom. The summed E-state index contributed by atoms with van der Waals surface area (Å²) in [5, 5.41) is 19.2. The van der Waals surface area contributed by atoms with Crippen molar-refractivity contribution in [2.45, 2.75) is 31.0 Å². The first-order valence-corrected chi connectivity index (χ1v) is 6.37. The van der Waals surface area contributed by atoms with Crippen molar-refractivity contribution in [2.75, 3.05) is 0 Å². The number of aliphatic carboxylic acids is 1. The molecular formula is C14H15NO4. The lowest BCUT2D eigenvalue weighted by Crippen LogP contribution is -2.45. The third-order valence-electron chi connectivity index (χ3n) is 3.99. The quantitative estimate of drug-likeness (QED) is 0.843. The first-order valence-electron chi connectivity index (χ1n) is 6.37. The molecule has 100 valence electrons. The number of hydrogen-bond donors (Lipinski definition) is 2. The summed E-state index contributed by atoms with van der Waals surface area (Å²) in [5.74, 6) is -1.18. The zero-order valence-corrected chi connectivity index (χ0v) is 10.3. The van der Waals surface area contributed by atoms with E-state index in [-0.39, 0.29) is 6.04 Å². The highest BCUT2D eigenvalue weighted by Gasteiger charge is 2.57. The molecule has 3 rings (SSSR count). The third-order valence-corrected chi connectivity index (χ3v) is 3.99. The summed E-state index contributed by atoms with van der Waals surface area (Å²) in [6.07, 6.45) is 0.0898. The van der Waals surface area contributed by atoms with Gasteiger partial charge < -0.3 is 15.1 Å². The molecule has 4 atom stereocenters. The molecule has 1 aliphatic carbocycles. The maximum Gasteiger partial charge on any atom is 0.326 e. The molecule has 1 saturated heterocycles. The molecule has 19 heavy (non-hydrogen) atoms. The van der Waals surface area contributed by atoms with Gasteiger partial charge in [0.1, 0.15) is 6.04 Å². The molecule has 0 radical (unpaired) electrons. The van der Waals surface area contributed by atoms with Gasteiger partial charge in [0.15, 0.2) is 6.10 Å². The maximum atomic E-state index is 12.3. The van der Waals surface area contributed by atoms with Crippen LogP contribution < -0.4 is 0 Å². The number of fused-ring (bicyclic) bond motifs is 1. The third kappa shape index (κ3) is 2.00. The van der Waals surface area contributed by atoms with Crippen LogP contribution in [0.25, 0.3) is 0 Å². The van der Waals surface area contributed by atoms with Crippen molar-refractivity contribution in [3.63, 3.8) is 0 Å². The minimum atomic E-state index is -1.28. The Bertz CT molecular complexity index is 515. The van der Waals surface area contributed by atoms with E-state index >= 15 is 0 Å². The van der Waals surface area contributed by atoms with E-state index in [1.54, 1.807) is 30.3 Å². The average Bonchev–Trinajstić information content (AvgIpc) is 3.09. The number of likely N-dealkylation sites (tertiary alicyclic amines) is 1. The van der Waals surface area contributed by atoms with Crippen LogP contribution in [0.5, 0.6) is 0 Å². The van der Waals surface area contributed by atoms with E-state index in [1.807, 2.05) is 0 Å². The lowest BCUT2D eigenvalue weighted by atomic mass is 10.1. The first kappa shape index (κ1) is 12.2. The summed E-state index contributed by atoms with van der Waals surface area (Å²) >= 11 is 0. The summed E-state index contributed by atoms with van der Waals surface area (Å²) < 4.78 is 0. The summed E-state index contributed by atoms with van der Waals surface area (Å²) in [6, 6.07) is 7.83. The minimum absolute atomic E-state index is 0.00645. The van der Waals surface area contributed by atoms with Crippen molar-refractivity contribution in [2.24, 2.45) is 5.92 Å². The monoisotopic (exact) mass is 261 g/mol. The van der Waals surface area contributed by atoms with Gasteiger partial charge in [-0.2, -0.15) is 0 Å². The number of carboxylic acid groups (broad SMARTS) is 1. The summed E-state index contributed by atoms with van der Waals surface area (Å²) in [6.45, 7) is 0. The average molecular weight is 261 g/mol. The Morgan fingerprint density at radius 3 is 2.53 bits per heavy atom. The number of amides is 1. The number of benzene rings is 1. The van der Waals surface area contributed by atoms with Gasteiger partial charge in [0, 0.05) is 6.04 Å². The molecule has 5 nitrogen and oxygen atoms in total. The Labute approximate surface area is 110 Å². The number of hydrogen-bond acceptors (Lipinski definition) is 3. The van der Waals surface area contributed by atoms with Crippen LogP contribution in [-0.2, 0) is 9.59 Å². The van der Waals surface area contributed by atoms with Crippen molar-refractivity contribution in [3.05, 3.63) is 35.9 Å². The number of aliphatic hydroxyl groups excluding tert-OH is 1. The number of rotatable bonds is 3. The fourth-order valence-electron chi connectivity index (χ4n) is 2.91. The molecule has 0 spiro atoms. The van der Waals surface area contributed by atoms with Gasteiger partial charge in [-0.1, -0.05) is 30.3 Å². The lowest BCUT2D eigenvalue weighted by molar-refractivity contribution is -0.153. The number of piperidine rings is 1. The SMILES string of the molecule is O=C(O)[C@@H]1C[C@@H]2C[C@@H]2N1C(=O)[C@H](O)c1ccccc1. The molecule has 1 heterocycles. The molecule has 1 amide bonds. The van der Waals surface area contributed by atoms with E-state index in [0.29, 0.717) is 17.9 Å². The molecular weight excluding hydrogens is 246 g/mol. The summed E-state index contributed by atoms with van der Waals surface area (Å²) in [5.41, 5.74) is 0.501. The number of carbonyl (C=O) groups is 2. The first-order chi connectivity index (χ1) is 9.09. The molecule has 1 aliphatic heterocycles. The van der Waals surface area contributed by atoms with E-state index in [0.717, 1.165) is 6.42 Å². The lowest BCUT2D eigenvalue weighted by Gasteiger charge is -2.26. The van der Waals surface area contributed by atoms with Gasteiger partial charge in [-0.3, -0.25) is 4.79 Å². The minimum Gasteiger partial charge on any atom is -0.480 e. The fraction of sp³-hybridized carbons (Fsp3) is 0.429. The number of carbonyl (C=O) groups excluding carboxylic acids is 1. The normalized spacial score (nSPS) is 29.7. The van der Waals surface area contributed by atoms with Gasteiger partial charge in [-0.05, 0) is 24.3 Å². The Kier molecular flexibility index (Phi) is 2.78. The van der Waals surface area contributed by atoms with E-state index in [9.17, 15) is 14.7 Å². The Hall–Kier alpha value is -1.88. The van der Waals surface area contributed by atoms with Crippen molar-refractivity contribution in [1.82, 2.24) is 4.90 Å². The molecule has 0 unspecified atom stereocenters. The second-order valence-electron chi connectivity index (χ2n) is 5.21. The molecule has 2 aliphatic rings. The van der Waals surface area contributed by atoms with Gasteiger partial charge in [0.25, 0.3) is 5.91 Å². The molecule has 5 heteroatoms. The zero-order chi connectivity index (χ0) is 13.6. The van der Waals surface area contributed by atoms with Gasteiger partial charge in [0.2, 0.25) is 0 Å². The topological polar surface area (TPSA) is 77.8 Å². The van der Waals surface area contributed by atoms with Crippen LogP contribution in [0.2, 0.25) is 0 Å². The van der Waals surface area contributed by atoms with E-state index in [2.05, 4.69) is 0 Å². The van der Waals surface area contributed by atoms with Gasteiger partial charge >= 0.3 is 5.97 Å².